The van der Waals surface area contributed by atoms with Crippen LogP contribution in [-0.2, 0) is 0 Å². The molecule has 0 fully saturated rings. The van der Waals surface area contributed by atoms with Gasteiger partial charge < -0.3 is 15.8 Å². The van der Waals surface area contributed by atoms with Gasteiger partial charge in [-0.1, -0.05) is 17.7 Å². The molecule has 0 spiro atoms. The van der Waals surface area contributed by atoms with Gasteiger partial charge in [-0.2, -0.15) is 0 Å². The van der Waals surface area contributed by atoms with E-state index in [1.165, 1.54) is 5.56 Å². The molecule has 18 heavy (non-hydrogen) atoms. The highest BCUT2D eigenvalue weighted by atomic mass is 16.5. The van der Waals surface area contributed by atoms with Gasteiger partial charge in [0.1, 0.15) is 5.75 Å². The number of benzene rings is 1. The predicted octanol–water partition coefficient (Wildman–Crippen LogP) is 1.95. The molecular weight excluding hydrogens is 228 g/mol. The Hall–Kier alpha value is -2.14. The van der Waals surface area contributed by atoms with Crippen molar-refractivity contribution in [2.75, 3.05) is 18.4 Å². The maximum atomic E-state index is 5.62. The van der Waals surface area contributed by atoms with Gasteiger partial charge in [-0.3, -0.25) is 0 Å². The Labute approximate surface area is 106 Å². The lowest BCUT2D eigenvalue weighted by molar-refractivity contribution is 0.477. The first-order chi connectivity index (χ1) is 8.78. The summed E-state index contributed by atoms with van der Waals surface area (Å²) in [5.41, 5.74) is 6.57. The molecule has 0 radical (unpaired) electrons. The van der Waals surface area contributed by atoms with Crippen LogP contribution in [0.4, 0.5) is 5.95 Å². The van der Waals surface area contributed by atoms with E-state index >= 15 is 0 Å². The lowest BCUT2D eigenvalue weighted by Crippen LogP contribution is -2.14. The largest absolute Gasteiger partial charge is 0.454 e. The average molecular weight is 244 g/mol. The van der Waals surface area contributed by atoms with E-state index in [9.17, 15) is 0 Å². The molecule has 94 valence electrons. The van der Waals surface area contributed by atoms with E-state index in [-0.39, 0.29) is 0 Å². The van der Waals surface area contributed by atoms with E-state index < -0.39 is 0 Å². The molecule has 0 bridgehead atoms. The number of aromatic nitrogens is 2. The first-order valence-corrected chi connectivity index (χ1v) is 5.78. The van der Waals surface area contributed by atoms with E-state index in [2.05, 4.69) is 15.3 Å². The number of nitrogens with zero attached hydrogens (tertiary/aromatic N) is 2. The zero-order valence-corrected chi connectivity index (χ0v) is 10.3. The first-order valence-electron chi connectivity index (χ1n) is 5.78. The van der Waals surface area contributed by atoms with Crippen LogP contribution in [0.2, 0.25) is 0 Å². The topological polar surface area (TPSA) is 73.1 Å². The summed E-state index contributed by atoms with van der Waals surface area (Å²) in [5.74, 6) is 1.93. The molecule has 0 atom stereocenters. The quantitative estimate of drug-likeness (QED) is 0.841. The molecule has 0 amide bonds. The molecule has 0 saturated carbocycles. The first kappa shape index (κ1) is 12.3. The van der Waals surface area contributed by atoms with Crippen LogP contribution in [0.15, 0.2) is 36.7 Å². The predicted molar refractivity (Wildman–Crippen MR) is 70.8 cm³/mol. The third-order valence-corrected chi connectivity index (χ3v) is 2.31. The van der Waals surface area contributed by atoms with Crippen LogP contribution in [0.1, 0.15) is 5.56 Å². The van der Waals surface area contributed by atoms with Crippen LogP contribution in [0.3, 0.4) is 0 Å². The summed E-state index contributed by atoms with van der Waals surface area (Å²) in [6.07, 6.45) is 3.26. The van der Waals surface area contributed by atoms with Gasteiger partial charge in [-0.05, 0) is 19.1 Å². The minimum absolute atomic E-state index is 0.547. The molecule has 0 aliphatic heterocycles. The number of hydrogen-bond donors (Lipinski definition) is 2. The summed E-state index contributed by atoms with van der Waals surface area (Å²) in [6.45, 7) is 3.23. The van der Waals surface area contributed by atoms with Gasteiger partial charge in [-0.15, -0.1) is 0 Å². The van der Waals surface area contributed by atoms with E-state index in [1.807, 2.05) is 31.2 Å². The molecule has 0 aliphatic carbocycles. The van der Waals surface area contributed by atoms with E-state index in [1.54, 1.807) is 12.4 Å². The third-order valence-electron chi connectivity index (χ3n) is 2.31. The second kappa shape index (κ2) is 5.97. The summed E-state index contributed by atoms with van der Waals surface area (Å²) < 4.78 is 5.62. The highest BCUT2D eigenvalue weighted by Crippen LogP contribution is 2.20. The Morgan fingerprint density at radius 2 is 1.78 bits per heavy atom. The van der Waals surface area contributed by atoms with E-state index in [0.29, 0.717) is 24.8 Å². The van der Waals surface area contributed by atoms with Crippen molar-refractivity contribution in [2.24, 2.45) is 5.73 Å². The molecular formula is C13H16N4O. The fourth-order valence-corrected chi connectivity index (χ4v) is 1.39. The highest BCUT2D eigenvalue weighted by molar-refractivity contribution is 5.32. The van der Waals surface area contributed by atoms with Gasteiger partial charge in [-0.25, -0.2) is 9.97 Å². The van der Waals surface area contributed by atoms with Crippen molar-refractivity contribution in [1.82, 2.24) is 9.97 Å². The molecule has 2 rings (SSSR count). The molecule has 0 aliphatic rings. The summed E-state index contributed by atoms with van der Waals surface area (Å²) in [7, 11) is 0. The molecule has 0 unspecified atom stereocenters. The average Bonchev–Trinajstić information content (AvgIpc) is 2.41. The Morgan fingerprint density at radius 1 is 1.11 bits per heavy atom. The van der Waals surface area contributed by atoms with Crippen molar-refractivity contribution in [2.45, 2.75) is 6.92 Å². The van der Waals surface area contributed by atoms with Crippen molar-refractivity contribution >= 4 is 5.95 Å². The normalized spacial score (nSPS) is 10.1. The van der Waals surface area contributed by atoms with Gasteiger partial charge >= 0.3 is 0 Å². The standard InChI is InChI=1S/C13H16N4O/c1-10-2-4-11(5-3-10)18-12-8-16-13(17-9-12)15-7-6-14/h2-5,8-9H,6-7,14H2,1H3,(H,15,16,17). The molecule has 1 heterocycles. The molecule has 3 N–H and O–H groups in total. The van der Waals surface area contributed by atoms with Gasteiger partial charge in [0.25, 0.3) is 0 Å². The summed E-state index contributed by atoms with van der Waals surface area (Å²) in [4.78, 5) is 8.25. The Balaban J connectivity index is 1.99. The lowest BCUT2D eigenvalue weighted by atomic mass is 10.2. The number of nitrogens with two attached hydrogens (primary N) is 1. The number of anilines is 1. The lowest BCUT2D eigenvalue weighted by Gasteiger charge is -2.06. The molecule has 1 aromatic heterocycles. The molecule has 1 aromatic carbocycles. The zero-order chi connectivity index (χ0) is 12.8. The second-order valence-electron chi connectivity index (χ2n) is 3.87. The number of aryl methyl sites for hydroxylation is 1. The SMILES string of the molecule is Cc1ccc(Oc2cnc(NCCN)nc2)cc1. The Morgan fingerprint density at radius 3 is 2.39 bits per heavy atom. The number of ether oxygens (including phenoxy) is 1. The van der Waals surface area contributed by atoms with Crippen molar-refractivity contribution < 1.29 is 4.74 Å². The molecule has 0 saturated heterocycles. The van der Waals surface area contributed by atoms with Crippen molar-refractivity contribution in [3.8, 4) is 11.5 Å². The highest BCUT2D eigenvalue weighted by Gasteiger charge is 1.99. The van der Waals surface area contributed by atoms with Crippen LogP contribution in [0.5, 0.6) is 11.5 Å². The molecule has 5 heteroatoms. The fraction of sp³-hybridized carbons (Fsp3) is 0.231. The fourth-order valence-electron chi connectivity index (χ4n) is 1.39. The minimum Gasteiger partial charge on any atom is -0.454 e. The number of rotatable bonds is 5. The van der Waals surface area contributed by atoms with Gasteiger partial charge in [0.05, 0.1) is 12.4 Å². The van der Waals surface area contributed by atoms with Crippen molar-refractivity contribution in [3.05, 3.63) is 42.2 Å². The second-order valence-corrected chi connectivity index (χ2v) is 3.87. The van der Waals surface area contributed by atoms with Crippen LogP contribution < -0.4 is 15.8 Å². The maximum absolute atomic E-state index is 5.62. The van der Waals surface area contributed by atoms with Crippen LogP contribution in [-0.4, -0.2) is 23.1 Å². The summed E-state index contributed by atoms with van der Waals surface area (Å²) in [5, 5.41) is 2.99. The van der Waals surface area contributed by atoms with Crippen LogP contribution >= 0.6 is 0 Å². The Bertz CT molecular complexity index is 481. The summed E-state index contributed by atoms with van der Waals surface area (Å²) in [6, 6.07) is 7.81. The minimum atomic E-state index is 0.547. The number of hydrogen-bond acceptors (Lipinski definition) is 5. The smallest absolute Gasteiger partial charge is 0.222 e. The monoisotopic (exact) mass is 244 g/mol. The maximum Gasteiger partial charge on any atom is 0.222 e. The van der Waals surface area contributed by atoms with E-state index in [0.717, 1.165) is 5.75 Å². The van der Waals surface area contributed by atoms with Crippen LogP contribution in [0, 0.1) is 6.92 Å². The number of nitrogens with one attached hydrogen (secondary N) is 1. The van der Waals surface area contributed by atoms with Gasteiger partial charge in [0.15, 0.2) is 5.75 Å². The van der Waals surface area contributed by atoms with E-state index in [4.69, 9.17) is 10.5 Å². The van der Waals surface area contributed by atoms with Gasteiger partial charge in [0, 0.05) is 13.1 Å². The summed E-state index contributed by atoms with van der Waals surface area (Å²) >= 11 is 0. The third kappa shape index (κ3) is 3.43. The van der Waals surface area contributed by atoms with Gasteiger partial charge in [0.2, 0.25) is 5.95 Å². The zero-order valence-electron chi connectivity index (χ0n) is 10.3. The molecule has 2 aromatic rings. The van der Waals surface area contributed by atoms with Crippen LogP contribution in [0.25, 0.3) is 0 Å². The van der Waals surface area contributed by atoms with Crippen molar-refractivity contribution in [3.63, 3.8) is 0 Å². The van der Waals surface area contributed by atoms with Crippen molar-refractivity contribution in [1.29, 1.82) is 0 Å². The Kier molecular flexibility index (Phi) is 4.09. The molecule has 5 nitrogen and oxygen atoms in total.